The van der Waals surface area contributed by atoms with Crippen molar-refractivity contribution >= 4 is 16.6 Å². The van der Waals surface area contributed by atoms with Crippen LogP contribution < -0.4 is 5.73 Å². The first-order valence-corrected chi connectivity index (χ1v) is 5.76. The second-order valence-electron chi connectivity index (χ2n) is 4.41. The van der Waals surface area contributed by atoms with Crippen LogP contribution in [0.15, 0.2) is 48.5 Å². The van der Waals surface area contributed by atoms with Gasteiger partial charge in [0.15, 0.2) is 0 Å². The Kier molecular flexibility index (Phi) is 2.33. The lowest BCUT2D eigenvalue weighted by Crippen LogP contribution is -1.91. The van der Waals surface area contributed by atoms with E-state index in [9.17, 15) is 4.39 Å². The first kappa shape index (κ1) is 10.8. The number of halogens is 1. The Morgan fingerprint density at radius 2 is 1.72 bits per heavy atom. The molecule has 0 saturated carbocycles. The first-order chi connectivity index (χ1) is 8.65. The van der Waals surface area contributed by atoms with Gasteiger partial charge in [0.25, 0.3) is 0 Å². The number of nitrogens with two attached hydrogens (primary N) is 1. The minimum Gasteiger partial charge on any atom is -0.399 e. The summed E-state index contributed by atoms with van der Waals surface area (Å²) in [4.78, 5) is 0. The third-order valence-electron chi connectivity index (χ3n) is 3.21. The second-order valence-corrected chi connectivity index (χ2v) is 4.41. The Morgan fingerprint density at radius 3 is 2.44 bits per heavy atom. The molecule has 3 heteroatoms. The molecule has 0 amide bonds. The van der Waals surface area contributed by atoms with E-state index in [0.717, 1.165) is 27.8 Å². The average molecular weight is 240 g/mol. The Hall–Kier alpha value is -2.29. The third-order valence-corrected chi connectivity index (χ3v) is 3.21. The van der Waals surface area contributed by atoms with Crippen LogP contribution in [0.3, 0.4) is 0 Å². The van der Waals surface area contributed by atoms with Crippen LogP contribution in [0.5, 0.6) is 0 Å². The van der Waals surface area contributed by atoms with E-state index in [4.69, 9.17) is 5.73 Å². The van der Waals surface area contributed by atoms with E-state index in [1.54, 1.807) is 12.1 Å². The third kappa shape index (κ3) is 1.64. The summed E-state index contributed by atoms with van der Waals surface area (Å²) in [5.41, 5.74) is 9.69. The first-order valence-electron chi connectivity index (χ1n) is 5.76. The summed E-state index contributed by atoms with van der Waals surface area (Å²) in [6.07, 6.45) is 0. The van der Waals surface area contributed by atoms with E-state index in [1.807, 2.05) is 25.2 Å². The molecule has 1 heterocycles. The molecule has 0 bridgehead atoms. The number of anilines is 1. The molecule has 0 saturated heterocycles. The Balaban J connectivity index is 2.23. The maximum absolute atomic E-state index is 12.9. The molecule has 2 N–H and O–H groups in total. The van der Waals surface area contributed by atoms with E-state index >= 15 is 0 Å². The standard InChI is InChI=1S/C15H13FN2/c1-18-14-7-6-13(17)8-11(14)9-15(18)10-2-4-12(16)5-3-10/h2-9H,17H2,1H3. The van der Waals surface area contributed by atoms with Gasteiger partial charge in [0, 0.05) is 29.3 Å². The van der Waals surface area contributed by atoms with E-state index in [2.05, 4.69) is 10.6 Å². The highest BCUT2D eigenvalue weighted by Gasteiger charge is 2.07. The van der Waals surface area contributed by atoms with Gasteiger partial charge >= 0.3 is 0 Å². The monoisotopic (exact) mass is 240 g/mol. The lowest BCUT2D eigenvalue weighted by atomic mass is 10.1. The van der Waals surface area contributed by atoms with Crippen LogP contribution >= 0.6 is 0 Å². The van der Waals surface area contributed by atoms with Crippen LogP contribution in [0.2, 0.25) is 0 Å². The van der Waals surface area contributed by atoms with E-state index in [-0.39, 0.29) is 5.82 Å². The van der Waals surface area contributed by atoms with Crippen molar-refractivity contribution < 1.29 is 4.39 Å². The fourth-order valence-electron chi connectivity index (χ4n) is 2.27. The number of benzene rings is 2. The van der Waals surface area contributed by atoms with Crippen molar-refractivity contribution in [3.8, 4) is 11.3 Å². The van der Waals surface area contributed by atoms with Gasteiger partial charge in [-0.05, 0) is 54.1 Å². The Morgan fingerprint density at radius 1 is 1.00 bits per heavy atom. The molecular formula is C15H13FN2. The van der Waals surface area contributed by atoms with Crippen molar-refractivity contribution in [2.75, 3.05) is 5.73 Å². The fourth-order valence-corrected chi connectivity index (χ4v) is 2.27. The quantitative estimate of drug-likeness (QED) is 0.648. The lowest BCUT2D eigenvalue weighted by Gasteiger charge is -2.04. The van der Waals surface area contributed by atoms with Crippen molar-refractivity contribution in [1.82, 2.24) is 4.57 Å². The van der Waals surface area contributed by atoms with E-state index < -0.39 is 0 Å². The predicted molar refractivity (Wildman–Crippen MR) is 72.7 cm³/mol. The minimum absolute atomic E-state index is 0.221. The predicted octanol–water partition coefficient (Wildman–Crippen LogP) is 3.57. The van der Waals surface area contributed by atoms with Gasteiger partial charge in [0.05, 0.1) is 0 Å². The summed E-state index contributed by atoms with van der Waals surface area (Å²) in [5, 5.41) is 1.09. The molecule has 0 fully saturated rings. The molecule has 3 aromatic rings. The molecule has 90 valence electrons. The highest BCUT2D eigenvalue weighted by atomic mass is 19.1. The van der Waals surface area contributed by atoms with Gasteiger partial charge in [-0.2, -0.15) is 0 Å². The number of hydrogen-bond acceptors (Lipinski definition) is 1. The van der Waals surface area contributed by atoms with Crippen LogP contribution in [0.4, 0.5) is 10.1 Å². The van der Waals surface area contributed by atoms with Gasteiger partial charge in [0.2, 0.25) is 0 Å². The van der Waals surface area contributed by atoms with Crippen molar-refractivity contribution in [2.45, 2.75) is 0 Å². The number of fused-ring (bicyclic) bond motifs is 1. The van der Waals surface area contributed by atoms with Crippen molar-refractivity contribution in [2.24, 2.45) is 7.05 Å². The van der Waals surface area contributed by atoms with Crippen LogP contribution in [-0.4, -0.2) is 4.57 Å². The minimum atomic E-state index is -0.221. The molecule has 0 aliphatic carbocycles. The zero-order valence-electron chi connectivity index (χ0n) is 10.0. The van der Waals surface area contributed by atoms with E-state index in [1.165, 1.54) is 12.1 Å². The molecule has 0 radical (unpaired) electrons. The number of hydrogen-bond donors (Lipinski definition) is 1. The summed E-state index contributed by atoms with van der Waals surface area (Å²) < 4.78 is 15.0. The van der Waals surface area contributed by atoms with Crippen molar-refractivity contribution in [3.05, 3.63) is 54.3 Å². The molecule has 2 aromatic carbocycles. The summed E-state index contributed by atoms with van der Waals surface area (Å²) in [5.74, 6) is -0.221. The van der Waals surface area contributed by atoms with Crippen LogP contribution in [0.25, 0.3) is 22.2 Å². The summed E-state index contributed by atoms with van der Waals surface area (Å²) in [7, 11) is 2.00. The SMILES string of the molecule is Cn1c(-c2ccc(F)cc2)cc2cc(N)ccc21. The lowest BCUT2D eigenvalue weighted by molar-refractivity contribution is 0.628. The van der Waals surface area contributed by atoms with Crippen LogP contribution in [0, 0.1) is 5.82 Å². The smallest absolute Gasteiger partial charge is 0.123 e. The van der Waals surface area contributed by atoms with Crippen molar-refractivity contribution in [1.29, 1.82) is 0 Å². The highest BCUT2D eigenvalue weighted by Crippen LogP contribution is 2.28. The fraction of sp³-hybridized carbons (Fsp3) is 0.0667. The maximum atomic E-state index is 12.9. The molecule has 0 spiro atoms. The van der Waals surface area contributed by atoms with Gasteiger partial charge in [-0.3, -0.25) is 0 Å². The van der Waals surface area contributed by atoms with Gasteiger partial charge in [-0.25, -0.2) is 4.39 Å². The number of nitrogen functional groups attached to an aromatic ring is 1. The Labute approximate surface area is 104 Å². The van der Waals surface area contributed by atoms with E-state index in [0.29, 0.717) is 0 Å². The zero-order chi connectivity index (χ0) is 12.7. The topological polar surface area (TPSA) is 30.9 Å². The molecule has 1 aromatic heterocycles. The van der Waals surface area contributed by atoms with Gasteiger partial charge in [-0.1, -0.05) is 0 Å². The maximum Gasteiger partial charge on any atom is 0.123 e. The number of rotatable bonds is 1. The summed E-state index contributed by atoms with van der Waals surface area (Å²) in [6, 6.07) is 14.4. The van der Waals surface area contributed by atoms with Gasteiger partial charge in [-0.15, -0.1) is 0 Å². The largest absolute Gasteiger partial charge is 0.399 e. The summed E-state index contributed by atoms with van der Waals surface area (Å²) in [6.45, 7) is 0. The molecule has 2 nitrogen and oxygen atoms in total. The molecule has 0 unspecified atom stereocenters. The number of aryl methyl sites for hydroxylation is 1. The zero-order valence-corrected chi connectivity index (χ0v) is 10.0. The summed E-state index contributed by atoms with van der Waals surface area (Å²) >= 11 is 0. The Bertz CT molecular complexity index is 711. The molecule has 18 heavy (non-hydrogen) atoms. The normalized spacial score (nSPS) is 11.0. The second kappa shape index (κ2) is 3.88. The molecule has 3 rings (SSSR count). The molecule has 0 atom stereocenters. The van der Waals surface area contributed by atoms with Crippen LogP contribution in [0.1, 0.15) is 0 Å². The highest BCUT2D eigenvalue weighted by molar-refractivity contribution is 5.89. The molecular weight excluding hydrogens is 227 g/mol. The molecule has 0 aliphatic rings. The van der Waals surface area contributed by atoms with Gasteiger partial charge < -0.3 is 10.3 Å². The molecule has 0 aliphatic heterocycles. The van der Waals surface area contributed by atoms with Crippen molar-refractivity contribution in [3.63, 3.8) is 0 Å². The average Bonchev–Trinajstić information content (AvgIpc) is 2.67. The van der Waals surface area contributed by atoms with Gasteiger partial charge in [0.1, 0.15) is 5.82 Å². The number of nitrogens with zero attached hydrogens (tertiary/aromatic N) is 1. The number of aromatic nitrogens is 1. The van der Waals surface area contributed by atoms with Crippen LogP contribution in [-0.2, 0) is 7.05 Å².